The Hall–Kier alpha value is -2.39. The van der Waals surface area contributed by atoms with E-state index in [4.69, 9.17) is 11.0 Å². The lowest BCUT2D eigenvalue weighted by Gasteiger charge is -2.15. The normalized spacial score (nSPS) is 11.6. The summed E-state index contributed by atoms with van der Waals surface area (Å²) in [4.78, 5) is 23.3. The maximum Gasteiger partial charge on any atom is 0.243 e. The second-order valence-electron chi connectivity index (χ2n) is 5.07. The Balaban J connectivity index is 2.43. The molecule has 6 nitrogen and oxygen atoms in total. The number of nitrogens with two attached hydrogens (primary N) is 1. The number of hydrogen-bond acceptors (Lipinski definition) is 4. The van der Waals surface area contributed by atoms with Gasteiger partial charge in [-0.15, -0.1) is 0 Å². The molecule has 0 saturated carbocycles. The van der Waals surface area contributed by atoms with Crippen LogP contribution in [0.3, 0.4) is 0 Å². The predicted molar refractivity (Wildman–Crippen MR) is 80.2 cm³/mol. The molecular formula is C15H20N4O2. The third kappa shape index (κ3) is 5.63. The highest BCUT2D eigenvalue weighted by Crippen LogP contribution is 2.09. The largest absolute Gasteiger partial charge is 0.346 e. The lowest BCUT2D eigenvalue weighted by molar-refractivity contribution is -0.125. The van der Waals surface area contributed by atoms with Gasteiger partial charge in [0.15, 0.2) is 0 Å². The van der Waals surface area contributed by atoms with Crippen molar-refractivity contribution in [1.82, 2.24) is 5.32 Å². The van der Waals surface area contributed by atoms with E-state index in [9.17, 15) is 9.59 Å². The van der Waals surface area contributed by atoms with Gasteiger partial charge in [-0.2, -0.15) is 5.26 Å². The lowest BCUT2D eigenvalue weighted by atomic mass is 10.1. The van der Waals surface area contributed by atoms with E-state index >= 15 is 0 Å². The highest BCUT2D eigenvalue weighted by Gasteiger charge is 2.17. The summed E-state index contributed by atoms with van der Waals surface area (Å²) in [5.74, 6) is -0.655. The van der Waals surface area contributed by atoms with Crippen LogP contribution in [0.15, 0.2) is 24.3 Å². The molecule has 0 unspecified atom stereocenters. The Morgan fingerprint density at radius 3 is 2.43 bits per heavy atom. The molecule has 1 aromatic rings. The molecule has 0 aliphatic heterocycles. The molecule has 2 amide bonds. The number of nitrogens with zero attached hydrogens (tertiary/aromatic N) is 1. The van der Waals surface area contributed by atoms with Crippen LogP contribution in [0.1, 0.15) is 19.4 Å². The number of amides is 2. The SMILES string of the molecule is CC(C)[C@H](N)C(=O)NCC(=O)Nc1ccc(CC#N)cc1. The molecule has 0 aromatic heterocycles. The first-order valence-corrected chi connectivity index (χ1v) is 6.73. The van der Waals surface area contributed by atoms with Crippen molar-refractivity contribution in [3.05, 3.63) is 29.8 Å². The van der Waals surface area contributed by atoms with E-state index in [1.165, 1.54) is 0 Å². The maximum absolute atomic E-state index is 11.7. The fourth-order valence-electron chi connectivity index (χ4n) is 1.59. The van der Waals surface area contributed by atoms with Crippen LogP contribution in [0.5, 0.6) is 0 Å². The van der Waals surface area contributed by atoms with E-state index in [1.54, 1.807) is 24.3 Å². The highest BCUT2D eigenvalue weighted by molar-refractivity contribution is 5.95. The van der Waals surface area contributed by atoms with Crippen LogP contribution in [-0.2, 0) is 16.0 Å². The summed E-state index contributed by atoms with van der Waals surface area (Å²) in [5, 5.41) is 13.7. The zero-order chi connectivity index (χ0) is 15.8. The quantitative estimate of drug-likeness (QED) is 0.719. The van der Waals surface area contributed by atoms with Gasteiger partial charge in [-0.1, -0.05) is 26.0 Å². The maximum atomic E-state index is 11.7. The van der Waals surface area contributed by atoms with E-state index < -0.39 is 6.04 Å². The molecule has 112 valence electrons. The van der Waals surface area contributed by atoms with Gasteiger partial charge >= 0.3 is 0 Å². The van der Waals surface area contributed by atoms with Gasteiger partial charge in [0.2, 0.25) is 11.8 Å². The summed E-state index contributed by atoms with van der Waals surface area (Å²) in [6.45, 7) is 3.55. The monoisotopic (exact) mass is 288 g/mol. The Morgan fingerprint density at radius 2 is 1.90 bits per heavy atom. The zero-order valence-electron chi connectivity index (χ0n) is 12.2. The Kier molecular flexibility index (Phi) is 6.37. The first-order valence-electron chi connectivity index (χ1n) is 6.73. The molecule has 1 rings (SSSR count). The fraction of sp³-hybridized carbons (Fsp3) is 0.400. The zero-order valence-corrected chi connectivity index (χ0v) is 12.2. The first kappa shape index (κ1) is 16.7. The lowest BCUT2D eigenvalue weighted by Crippen LogP contribution is -2.46. The fourth-order valence-corrected chi connectivity index (χ4v) is 1.59. The average Bonchev–Trinajstić information content (AvgIpc) is 2.46. The summed E-state index contributed by atoms with van der Waals surface area (Å²) in [7, 11) is 0. The minimum absolute atomic E-state index is 0.0146. The van der Waals surface area contributed by atoms with Crippen LogP contribution in [-0.4, -0.2) is 24.4 Å². The Morgan fingerprint density at radius 1 is 1.29 bits per heavy atom. The number of hydrogen-bond donors (Lipinski definition) is 3. The van der Waals surface area contributed by atoms with E-state index in [2.05, 4.69) is 10.6 Å². The number of carbonyl (C=O) groups excluding carboxylic acids is 2. The number of anilines is 1. The molecule has 0 fully saturated rings. The minimum atomic E-state index is -0.622. The molecule has 0 bridgehead atoms. The first-order chi connectivity index (χ1) is 9.93. The summed E-state index contributed by atoms with van der Waals surface area (Å²) in [6, 6.07) is 8.40. The van der Waals surface area contributed by atoms with Crippen molar-refractivity contribution < 1.29 is 9.59 Å². The topological polar surface area (TPSA) is 108 Å². The predicted octanol–water partition coefficient (Wildman–Crippen LogP) is 0.791. The summed E-state index contributed by atoms with van der Waals surface area (Å²) in [5.41, 5.74) is 7.17. The molecule has 0 spiro atoms. The van der Waals surface area contributed by atoms with Gasteiger partial charge in [0, 0.05) is 5.69 Å². The second-order valence-corrected chi connectivity index (χ2v) is 5.07. The highest BCUT2D eigenvalue weighted by atomic mass is 16.2. The van der Waals surface area contributed by atoms with Crippen LogP contribution in [0, 0.1) is 17.2 Å². The third-order valence-corrected chi connectivity index (χ3v) is 2.97. The molecule has 0 aliphatic rings. The molecule has 21 heavy (non-hydrogen) atoms. The van der Waals surface area contributed by atoms with Gasteiger partial charge in [0.05, 0.1) is 25.1 Å². The van der Waals surface area contributed by atoms with Gasteiger partial charge in [-0.25, -0.2) is 0 Å². The van der Waals surface area contributed by atoms with Crippen molar-refractivity contribution in [2.45, 2.75) is 26.3 Å². The number of benzene rings is 1. The van der Waals surface area contributed by atoms with Gasteiger partial charge in [0.1, 0.15) is 0 Å². The number of rotatable bonds is 6. The summed E-state index contributed by atoms with van der Waals surface area (Å²) < 4.78 is 0. The third-order valence-electron chi connectivity index (χ3n) is 2.97. The number of nitrogens with one attached hydrogen (secondary N) is 2. The standard InChI is InChI=1S/C15H20N4O2/c1-10(2)14(17)15(21)18-9-13(20)19-12-5-3-11(4-6-12)7-8-16/h3-6,10,14H,7,9,17H2,1-2H3,(H,18,21)(H,19,20)/t14-/m0/s1. The van der Waals surface area contributed by atoms with E-state index in [-0.39, 0.29) is 24.3 Å². The van der Waals surface area contributed by atoms with Gasteiger partial charge in [-0.3, -0.25) is 9.59 Å². The molecule has 1 atom stereocenters. The molecule has 4 N–H and O–H groups in total. The van der Waals surface area contributed by atoms with Crippen LogP contribution >= 0.6 is 0 Å². The van der Waals surface area contributed by atoms with Gasteiger partial charge in [0.25, 0.3) is 0 Å². The Labute approximate surface area is 124 Å². The van der Waals surface area contributed by atoms with Crippen LogP contribution < -0.4 is 16.4 Å². The molecule has 0 radical (unpaired) electrons. The van der Waals surface area contributed by atoms with Gasteiger partial charge < -0.3 is 16.4 Å². The Bertz CT molecular complexity index is 532. The molecular weight excluding hydrogens is 268 g/mol. The van der Waals surface area contributed by atoms with Crippen LogP contribution in [0.25, 0.3) is 0 Å². The molecule has 1 aromatic carbocycles. The van der Waals surface area contributed by atoms with Crippen molar-refractivity contribution in [3.8, 4) is 6.07 Å². The molecule has 0 heterocycles. The molecule has 0 saturated heterocycles. The van der Waals surface area contributed by atoms with E-state index in [1.807, 2.05) is 19.9 Å². The minimum Gasteiger partial charge on any atom is -0.346 e. The second kappa shape index (κ2) is 8.02. The molecule has 6 heteroatoms. The molecule has 0 aliphatic carbocycles. The van der Waals surface area contributed by atoms with Crippen LogP contribution in [0.4, 0.5) is 5.69 Å². The van der Waals surface area contributed by atoms with Crippen LogP contribution in [0.2, 0.25) is 0 Å². The van der Waals surface area contributed by atoms with E-state index in [0.29, 0.717) is 12.1 Å². The van der Waals surface area contributed by atoms with Crippen molar-refractivity contribution in [1.29, 1.82) is 5.26 Å². The van der Waals surface area contributed by atoms with Crippen molar-refractivity contribution in [3.63, 3.8) is 0 Å². The average molecular weight is 288 g/mol. The van der Waals surface area contributed by atoms with Crippen molar-refractivity contribution in [2.75, 3.05) is 11.9 Å². The van der Waals surface area contributed by atoms with E-state index in [0.717, 1.165) is 5.56 Å². The van der Waals surface area contributed by atoms with Gasteiger partial charge in [-0.05, 0) is 23.6 Å². The number of nitriles is 1. The summed E-state index contributed by atoms with van der Waals surface area (Å²) >= 11 is 0. The van der Waals surface area contributed by atoms with Crippen molar-refractivity contribution >= 4 is 17.5 Å². The summed E-state index contributed by atoms with van der Waals surface area (Å²) in [6.07, 6.45) is 0.331. The smallest absolute Gasteiger partial charge is 0.243 e. The van der Waals surface area contributed by atoms with Crippen molar-refractivity contribution in [2.24, 2.45) is 11.7 Å². The number of carbonyl (C=O) groups is 2.